The summed E-state index contributed by atoms with van der Waals surface area (Å²) < 4.78 is 5.65. The fraction of sp³-hybridized carbons (Fsp3) is 0.375. The Kier molecular flexibility index (Phi) is 5.05. The second-order valence-corrected chi connectivity index (χ2v) is 4.67. The van der Waals surface area contributed by atoms with Crippen LogP contribution in [0, 0.1) is 11.8 Å². The molecule has 1 aromatic rings. The molecule has 2 rings (SSSR count). The molecule has 0 spiro atoms. The number of ether oxygens (including phenoxy) is 1. The highest BCUT2D eigenvalue weighted by molar-refractivity contribution is 5.47. The van der Waals surface area contributed by atoms with Gasteiger partial charge >= 0.3 is 0 Å². The van der Waals surface area contributed by atoms with Gasteiger partial charge in [-0.15, -0.1) is 5.92 Å². The molecule has 0 saturated carbocycles. The monoisotopic (exact) mass is 271 g/mol. The molecule has 0 fully saturated rings. The van der Waals surface area contributed by atoms with Crippen LogP contribution in [0.25, 0.3) is 0 Å². The van der Waals surface area contributed by atoms with Gasteiger partial charge in [-0.3, -0.25) is 5.32 Å². The SMILES string of the molecule is CC#CCOC1NC(C)=CC(N(C)c2ccccc2)N1. The average molecular weight is 271 g/mol. The van der Waals surface area contributed by atoms with Crippen molar-refractivity contribution in [2.24, 2.45) is 0 Å². The predicted molar refractivity (Wildman–Crippen MR) is 81.9 cm³/mol. The highest BCUT2D eigenvalue weighted by Crippen LogP contribution is 2.16. The van der Waals surface area contributed by atoms with E-state index >= 15 is 0 Å². The molecule has 106 valence electrons. The van der Waals surface area contributed by atoms with E-state index in [-0.39, 0.29) is 12.5 Å². The molecule has 0 aliphatic carbocycles. The Balaban J connectivity index is 2.03. The molecule has 1 heterocycles. The van der Waals surface area contributed by atoms with E-state index in [1.54, 1.807) is 0 Å². The van der Waals surface area contributed by atoms with Gasteiger partial charge in [0.2, 0.25) is 0 Å². The Labute approximate surface area is 120 Å². The molecule has 4 heteroatoms. The van der Waals surface area contributed by atoms with Gasteiger partial charge < -0.3 is 15.0 Å². The molecule has 0 bridgehead atoms. The number of nitrogens with zero attached hydrogens (tertiary/aromatic N) is 1. The van der Waals surface area contributed by atoms with Crippen molar-refractivity contribution in [1.82, 2.24) is 10.6 Å². The molecule has 1 aromatic carbocycles. The van der Waals surface area contributed by atoms with Crippen LogP contribution in [-0.2, 0) is 4.74 Å². The first-order valence-electron chi connectivity index (χ1n) is 6.71. The van der Waals surface area contributed by atoms with E-state index in [1.165, 1.54) is 0 Å². The first-order valence-corrected chi connectivity index (χ1v) is 6.71. The van der Waals surface area contributed by atoms with Crippen molar-refractivity contribution in [3.8, 4) is 11.8 Å². The van der Waals surface area contributed by atoms with Crippen LogP contribution in [0.3, 0.4) is 0 Å². The number of para-hydroxylation sites is 1. The number of allylic oxidation sites excluding steroid dienone is 1. The molecular formula is C16H21N3O. The van der Waals surface area contributed by atoms with Gasteiger partial charge in [0.1, 0.15) is 12.8 Å². The molecule has 4 nitrogen and oxygen atoms in total. The summed E-state index contributed by atoms with van der Waals surface area (Å²) in [5.74, 6) is 5.72. The minimum absolute atomic E-state index is 0.0817. The van der Waals surface area contributed by atoms with E-state index < -0.39 is 0 Å². The summed E-state index contributed by atoms with van der Waals surface area (Å²) in [5, 5.41) is 6.63. The first-order chi connectivity index (χ1) is 9.70. The molecular weight excluding hydrogens is 250 g/mol. The lowest BCUT2D eigenvalue weighted by Crippen LogP contribution is -2.57. The van der Waals surface area contributed by atoms with Crippen molar-refractivity contribution in [3.05, 3.63) is 42.1 Å². The number of likely N-dealkylation sites (N-methyl/N-ethyl adjacent to an activating group) is 1. The number of hydrogen-bond donors (Lipinski definition) is 2. The third kappa shape index (κ3) is 3.77. The number of benzene rings is 1. The maximum absolute atomic E-state index is 5.65. The molecule has 1 aliphatic heterocycles. The standard InChI is InChI=1S/C16H21N3O/c1-4-5-11-20-16-17-13(2)12-15(18-16)19(3)14-9-7-6-8-10-14/h6-10,12,15-18H,11H2,1-3H3. The molecule has 0 amide bonds. The minimum atomic E-state index is -0.225. The smallest absolute Gasteiger partial charge is 0.186 e. The van der Waals surface area contributed by atoms with Crippen molar-refractivity contribution < 1.29 is 4.74 Å². The highest BCUT2D eigenvalue weighted by atomic mass is 16.5. The third-order valence-corrected chi connectivity index (χ3v) is 3.17. The molecule has 0 aromatic heterocycles. The van der Waals surface area contributed by atoms with Gasteiger partial charge in [0, 0.05) is 18.4 Å². The van der Waals surface area contributed by atoms with Crippen molar-refractivity contribution >= 4 is 5.69 Å². The summed E-state index contributed by atoms with van der Waals surface area (Å²) in [6.07, 6.45) is 1.99. The summed E-state index contributed by atoms with van der Waals surface area (Å²) >= 11 is 0. The highest BCUT2D eigenvalue weighted by Gasteiger charge is 2.22. The molecule has 0 radical (unpaired) electrons. The van der Waals surface area contributed by atoms with Gasteiger partial charge in [-0.25, -0.2) is 0 Å². The maximum Gasteiger partial charge on any atom is 0.186 e. The quantitative estimate of drug-likeness (QED) is 0.820. The Morgan fingerprint density at radius 1 is 1.30 bits per heavy atom. The van der Waals surface area contributed by atoms with Crippen LogP contribution in [-0.4, -0.2) is 26.2 Å². The topological polar surface area (TPSA) is 36.5 Å². The molecule has 2 atom stereocenters. The summed E-state index contributed by atoms with van der Waals surface area (Å²) in [6.45, 7) is 4.26. The summed E-state index contributed by atoms with van der Waals surface area (Å²) in [6, 6.07) is 10.3. The van der Waals surface area contributed by atoms with Gasteiger partial charge in [-0.1, -0.05) is 24.1 Å². The van der Waals surface area contributed by atoms with E-state index in [0.29, 0.717) is 6.61 Å². The van der Waals surface area contributed by atoms with E-state index in [9.17, 15) is 0 Å². The van der Waals surface area contributed by atoms with Crippen molar-refractivity contribution in [1.29, 1.82) is 0 Å². The lowest BCUT2D eigenvalue weighted by molar-refractivity contribution is 0.0230. The van der Waals surface area contributed by atoms with E-state index in [4.69, 9.17) is 4.74 Å². The van der Waals surface area contributed by atoms with Crippen LogP contribution in [0.15, 0.2) is 42.1 Å². The number of hydrogen-bond acceptors (Lipinski definition) is 4. The van der Waals surface area contributed by atoms with Crippen LogP contribution in [0.1, 0.15) is 13.8 Å². The molecule has 0 saturated heterocycles. The van der Waals surface area contributed by atoms with Crippen molar-refractivity contribution in [2.75, 3.05) is 18.6 Å². The maximum atomic E-state index is 5.65. The zero-order valence-electron chi connectivity index (χ0n) is 12.2. The lowest BCUT2D eigenvalue weighted by Gasteiger charge is -2.36. The molecule has 1 aliphatic rings. The summed E-state index contributed by atoms with van der Waals surface area (Å²) in [5.41, 5.74) is 2.24. The fourth-order valence-corrected chi connectivity index (χ4v) is 2.07. The molecule has 2 unspecified atom stereocenters. The summed E-state index contributed by atoms with van der Waals surface area (Å²) in [4.78, 5) is 2.17. The fourth-order valence-electron chi connectivity index (χ4n) is 2.07. The number of rotatable bonds is 4. The first kappa shape index (κ1) is 14.4. The van der Waals surface area contributed by atoms with Gasteiger partial charge in [0.05, 0.1) is 0 Å². The van der Waals surface area contributed by atoms with Crippen molar-refractivity contribution in [2.45, 2.75) is 26.4 Å². The molecule has 20 heavy (non-hydrogen) atoms. The number of anilines is 1. The van der Waals surface area contributed by atoms with Crippen LogP contribution in [0.5, 0.6) is 0 Å². The second-order valence-electron chi connectivity index (χ2n) is 4.67. The predicted octanol–water partition coefficient (Wildman–Crippen LogP) is 1.87. The normalized spacial score (nSPS) is 21.2. The van der Waals surface area contributed by atoms with Gasteiger partial charge in [-0.2, -0.15) is 0 Å². The lowest BCUT2D eigenvalue weighted by atomic mass is 10.2. The Morgan fingerprint density at radius 3 is 2.75 bits per heavy atom. The summed E-state index contributed by atoms with van der Waals surface area (Å²) in [7, 11) is 2.06. The van der Waals surface area contributed by atoms with Crippen LogP contribution < -0.4 is 15.5 Å². The van der Waals surface area contributed by atoms with Crippen LogP contribution >= 0.6 is 0 Å². The minimum Gasteiger partial charge on any atom is -0.355 e. The van der Waals surface area contributed by atoms with E-state index in [1.807, 2.05) is 32.0 Å². The Hall–Kier alpha value is -1.96. The Bertz CT molecular complexity index is 516. The zero-order valence-corrected chi connectivity index (χ0v) is 12.2. The average Bonchev–Trinajstić information content (AvgIpc) is 2.47. The Morgan fingerprint density at radius 2 is 2.05 bits per heavy atom. The van der Waals surface area contributed by atoms with Gasteiger partial charge in [0.25, 0.3) is 0 Å². The van der Waals surface area contributed by atoms with E-state index in [2.05, 4.69) is 52.6 Å². The molecule has 2 N–H and O–H groups in total. The van der Waals surface area contributed by atoms with E-state index in [0.717, 1.165) is 11.4 Å². The second kappa shape index (κ2) is 6.99. The zero-order chi connectivity index (χ0) is 14.4. The largest absolute Gasteiger partial charge is 0.355 e. The van der Waals surface area contributed by atoms with Gasteiger partial charge in [0.15, 0.2) is 6.35 Å². The van der Waals surface area contributed by atoms with Crippen LogP contribution in [0.4, 0.5) is 5.69 Å². The van der Waals surface area contributed by atoms with Gasteiger partial charge in [-0.05, 0) is 32.1 Å². The van der Waals surface area contributed by atoms with Crippen molar-refractivity contribution in [3.63, 3.8) is 0 Å². The number of nitrogens with one attached hydrogen (secondary N) is 2. The van der Waals surface area contributed by atoms with Crippen LogP contribution in [0.2, 0.25) is 0 Å². The third-order valence-electron chi connectivity index (χ3n) is 3.17.